The SMILES string of the molecule is Oc1cc2ccc(CF)cc2[nH]1. The lowest BCUT2D eigenvalue weighted by molar-refractivity contribution is 0.458. The number of hydrogen-bond acceptors (Lipinski definition) is 1. The van der Waals surface area contributed by atoms with E-state index in [-0.39, 0.29) is 5.88 Å². The van der Waals surface area contributed by atoms with Crippen LogP contribution < -0.4 is 0 Å². The summed E-state index contributed by atoms with van der Waals surface area (Å²) in [5.74, 6) is 0.112. The maximum Gasteiger partial charge on any atom is 0.189 e. The minimum Gasteiger partial charge on any atom is -0.495 e. The van der Waals surface area contributed by atoms with Crippen molar-refractivity contribution in [2.45, 2.75) is 6.67 Å². The Labute approximate surface area is 68.6 Å². The van der Waals surface area contributed by atoms with Crippen molar-refractivity contribution in [1.82, 2.24) is 4.98 Å². The third-order valence-corrected chi connectivity index (χ3v) is 1.83. The van der Waals surface area contributed by atoms with Crippen LogP contribution in [0.25, 0.3) is 10.9 Å². The first-order valence-corrected chi connectivity index (χ1v) is 3.66. The van der Waals surface area contributed by atoms with Gasteiger partial charge in [-0.25, -0.2) is 4.39 Å². The number of alkyl halides is 1. The highest BCUT2D eigenvalue weighted by molar-refractivity contribution is 5.81. The number of aromatic amines is 1. The van der Waals surface area contributed by atoms with E-state index in [1.807, 2.05) is 0 Å². The molecule has 0 aliphatic heterocycles. The number of H-pyrrole nitrogens is 1. The summed E-state index contributed by atoms with van der Waals surface area (Å²) in [5, 5.41) is 9.96. The molecule has 0 atom stereocenters. The molecular weight excluding hydrogens is 157 g/mol. The normalized spacial score (nSPS) is 10.8. The van der Waals surface area contributed by atoms with Crippen molar-refractivity contribution >= 4 is 10.9 Å². The molecule has 2 nitrogen and oxygen atoms in total. The third-order valence-electron chi connectivity index (χ3n) is 1.83. The number of nitrogens with one attached hydrogen (secondary N) is 1. The van der Waals surface area contributed by atoms with Gasteiger partial charge in [0.15, 0.2) is 5.88 Å². The van der Waals surface area contributed by atoms with E-state index in [4.69, 9.17) is 5.11 Å². The van der Waals surface area contributed by atoms with Gasteiger partial charge >= 0.3 is 0 Å². The van der Waals surface area contributed by atoms with Crippen molar-refractivity contribution in [3.63, 3.8) is 0 Å². The molecule has 0 aliphatic carbocycles. The fourth-order valence-electron chi connectivity index (χ4n) is 1.24. The Bertz CT molecular complexity index is 408. The Morgan fingerprint density at radius 1 is 1.33 bits per heavy atom. The van der Waals surface area contributed by atoms with Gasteiger partial charge in [0.1, 0.15) is 6.67 Å². The Hall–Kier alpha value is -1.51. The molecule has 12 heavy (non-hydrogen) atoms. The van der Waals surface area contributed by atoms with Crippen LogP contribution >= 0.6 is 0 Å². The molecule has 2 N–H and O–H groups in total. The highest BCUT2D eigenvalue weighted by atomic mass is 19.1. The Morgan fingerprint density at radius 2 is 2.17 bits per heavy atom. The minimum absolute atomic E-state index is 0.112. The van der Waals surface area contributed by atoms with Crippen molar-refractivity contribution in [2.24, 2.45) is 0 Å². The molecule has 0 aliphatic rings. The fraction of sp³-hybridized carbons (Fsp3) is 0.111. The van der Waals surface area contributed by atoms with Crippen molar-refractivity contribution in [2.75, 3.05) is 0 Å². The number of hydrogen-bond donors (Lipinski definition) is 2. The number of benzene rings is 1. The smallest absolute Gasteiger partial charge is 0.189 e. The molecule has 2 rings (SSSR count). The van der Waals surface area contributed by atoms with Crippen molar-refractivity contribution in [3.05, 3.63) is 29.8 Å². The maximum atomic E-state index is 12.2. The predicted octanol–water partition coefficient (Wildman–Crippen LogP) is 2.34. The summed E-state index contributed by atoms with van der Waals surface area (Å²) in [5.41, 5.74) is 1.38. The molecule has 62 valence electrons. The lowest BCUT2D eigenvalue weighted by Crippen LogP contribution is -1.76. The molecule has 0 saturated heterocycles. The quantitative estimate of drug-likeness (QED) is 0.668. The molecule has 0 unspecified atom stereocenters. The van der Waals surface area contributed by atoms with Gasteiger partial charge in [-0.2, -0.15) is 0 Å². The fourth-order valence-corrected chi connectivity index (χ4v) is 1.24. The van der Waals surface area contributed by atoms with E-state index in [2.05, 4.69) is 4.98 Å². The van der Waals surface area contributed by atoms with E-state index in [0.29, 0.717) is 5.56 Å². The summed E-state index contributed by atoms with van der Waals surface area (Å²) in [7, 11) is 0. The second kappa shape index (κ2) is 2.52. The van der Waals surface area contributed by atoms with Crippen LogP contribution in [0.5, 0.6) is 5.88 Å². The number of aromatic nitrogens is 1. The molecular formula is C9H8FNO. The Balaban J connectivity index is 2.66. The molecule has 0 amide bonds. The molecule has 2 aromatic rings. The molecule has 0 saturated carbocycles. The van der Waals surface area contributed by atoms with Gasteiger partial charge in [-0.3, -0.25) is 0 Å². The number of fused-ring (bicyclic) bond motifs is 1. The zero-order valence-corrected chi connectivity index (χ0v) is 6.34. The van der Waals surface area contributed by atoms with Gasteiger partial charge in [0.25, 0.3) is 0 Å². The van der Waals surface area contributed by atoms with E-state index < -0.39 is 6.67 Å². The van der Waals surface area contributed by atoms with Gasteiger partial charge in [0.2, 0.25) is 0 Å². The van der Waals surface area contributed by atoms with Crippen molar-refractivity contribution < 1.29 is 9.50 Å². The molecule has 0 spiro atoms. The third kappa shape index (κ3) is 1.03. The molecule has 1 heterocycles. The summed E-state index contributed by atoms with van der Waals surface area (Å²) in [4.78, 5) is 2.72. The van der Waals surface area contributed by atoms with Gasteiger partial charge < -0.3 is 10.1 Å². The average Bonchev–Trinajstić information content (AvgIpc) is 2.43. The number of rotatable bonds is 1. The van der Waals surface area contributed by atoms with Gasteiger partial charge in [-0.05, 0) is 11.6 Å². The highest BCUT2D eigenvalue weighted by Gasteiger charge is 1.99. The molecule has 0 radical (unpaired) electrons. The highest BCUT2D eigenvalue weighted by Crippen LogP contribution is 2.20. The molecule has 1 aromatic carbocycles. The molecule has 1 aromatic heterocycles. The van der Waals surface area contributed by atoms with Crippen LogP contribution in [0.2, 0.25) is 0 Å². The van der Waals surface area contributed by atoms with E-state index >= 15 is 0 Å². The van der Waals surface area contributed by atoms with Crippen LogP contribution in [0.1, 0.15) is 5.56 Å². The second-order valence-electron chi connectivity index (χ2n) is 2.71. The van der Waals surface area contributed by atoms with Crippen LogP contribution in [0.3, 0.4) is 0 Å². The van der Waals surface area contributed by atoms with Gasteiger partial charge in [-0.15, -0.1) is 0 Å². The molecule has 0 bridgehead atoms. The van der Waals surface area contributed by atoms with Gasteiger partial charge in [-0.1, -0.05) is 12.1 Å². The lowest BCUT2D eigenvalue weighted by atomic mass is 10.2. The number of aromatic hydroxyl groups is 1. The molecule has 0 fully saturated rings. The summed E-state index contributed by atoms with van der Waals surface area (Å²) < 4.78 is 12.2. The van der Waals surface area contributed by atoms with Crippen LogP contribution in [-0.4, -0.2) is 10.1 Å². The first kappa shape index (κ1) is 7.16. The Morgan fingerprint density at radius 3 is 2.92 bits per heavy atom. The lowest BCUT2D eigenvalue weighted by Gasteiger charge is -1.92. The first-order valence-electron chi connectivity index (χ1n) is 3.66. The van der Waals surface area contributed by atoms with E-state index in [1.165, 1.54) is 0 Å². The van der Waals surface area contributed by atoms with Crippen LogP contribution in [0.4, 0.5) is 4.39 Å². The van der Waals surface area contributed by atoms with Crippen LogP contribution in [-0.2, 0) is 6.67 Å². The van der Waals surface area contributed by atoms with E-state index in [9.17, 15) is 4.39 Å². The maximum absolute atomic E-state index is 12.2. The monoisotopic (exact) mass is 165 g/mol. The average molecular weight is 165 g/mol. The summed E-state index contributed by atoms with van der Waals surface area (Å²) >= 11 is 0. The first-order chi connectivity index (χ1) is 5.79. The van der Waals surface area contributed by atoms with Crippen molar-refractivity contribution in [3.8, 4) is 5.88 Å². The minimum atomic E-state index is -0.476. The van der Waals surface area contributed by atoms with E-state index in [1.54, 1.807) is 24.3 Å². The van der Waals surface area contributed by atoms with Crippen molar-refractivity contribution in [1.29, 1.82) is 0 Å². The summed E-state index contributed by atoms with van der Waals surface area (Å²) in [6.07, 6.45) is 0. The van der Waals surface area contributed by atoms with E-state index in [0.717, 1.165) is 10.9 Å². The van der Waals surface area contributed by atoms with Gasteiger partial charge in [0, 0.05) is 17.0 Å². The topological polar surface area (TPSA) is 36.0 Å². The Kier molecular flexibility index (Phi) is 1.50. The largest absolute Gasteiger partial charge is 0.495 e. The summed E-state index contributed by atoms with van der Waals surface area (Å²) in [6, 6.07) is 6.78. The number of halogens is 1. The van der Waals surface area contributed by atoms with Crippen LogP contribution in [0.15, 0.2) is 24.3 Å². The van der Waals surface area contributed by atoms with Gasteiger partial charge in [0.05, 0.1) is 0 Å². The zero-order chi connectivity index (χ0) is 8.55. The molecule has 3 heteroatoms. The summed E-state index contributed by atoms with van der Waals surface area (Å²) in [6.45, 7) is -0.476. The van der Waals surface area contributed by atoms with Crippen LogP contribution in [0, 0.1) is 0 Å². The second-order valence-corrected chi connectivity index (χ2v) is 2.71. The predicted molar refractivity (Wildman–Crippen MR) is 44.8 cm³/mol. The standard InChI is InChI=1S/C9H8FNO/c10-5-6-1-2-7-4-9(12)11-8(7)3-6/h1-4,11-12H,5H2. The zero-order valence-electron chi connectivity index (χ0n) is 6.34.